The molecule has 5 heteroatoms. The first kappa shape index (κ1) is 18.8. The van der Waals surface area contributed by atoms with Crippen LogP contribution < -0.4 is 10.1 Å². The number of amides is 1. The van der Waals surface area contributed by atoms with Gasteiger partial charge in [0.1, 0.15) is 5.75 Å². The molecular weight excluding hydrogens is 390 g/mol. The predicted molar refractivity (Wildman–Crippen MR) is 102 cm³/mol. The molecule has 0 unspecified atom stereocenters. The first-order valence-electron chi connectivity index (χ1n) is 7.85. The van der Waals surface area contributed by atoms with Gasteiger partial charge in [-0.25, -0.2) is 0 Å². The van der Waals surface area contributed by atoms with E-state index in [4.69, 9.17) is 16.3 Å². The molecule has 3 nitrogen and oxygen atoms in total. The lowest BCUT2D eigenvalue weighted by atomic mass is 9.99. The minimum atomic E-state index is -0.151. The van der Waals surface area contributed by atoms with Crippen molar-refractivity contribution in [2.45, 2.75) is 33.2 Å². The van der Waals surface area contributed by atoms with Gasteiger partial charge < -0.3 is 10.1 Å². The van der Waals surface area contributed by atoms with Gasteiger partial charge in [0.2, 0.25) is 0 Å². The highest BCUT2D eigenvalue weighted by molar-refractivity contribution is 9.10. The van der Waals surface area contributed by atoms with Gasteiger partial charge in [0.25, 0.3) is 5.91 Å². The van der Waals surface area contributed by atoms with Gasteiger partial charge in [-0.1, -0.05) is 36.7 Å². The van der Waals surface area contributed by atoms with Crippen molar-refractivity contribution in [1.82, 2.24) is 5.32 Å². The van der Waals surface area contributed by atoms with E-state index in [1.807, 2.05) is 0 Å². The molecule has 1 amide bonds. The standard InChI is InChI=1S/C19H21BrClNO2/c1-4-17(14-6-5-12(2)13(3)9-14)22-19(23)11-24-18-8-7-15(21)10-16(18)20/h5-10,17H,4,11H2,1-3H3,(H,22,23)/t17-/m0/s1. The maximum Gasteiger partial charge on any atom is 0.258 e. The first-order chi connectivity index (χ1) is 11.4. The molecule has 0 bridgehead atoms. The number of carbonyl (C=O) groups is 1. The van der Waals surface area contributed by atoms with Gasteiger partial charge in [-0.3, -0.25) is 4.79 Å². The Labute approximate surface area is 156 Å². The third kappa shape index (κ3) is 4.99. The van der Waals surface area contributed by atoms with Gasteiger partial charge >= 0.3 is 0 Å². The largest absolute Gasteiger partial charge is 0.483 e. The second-order valence-corrected chi connectivity index (χ2v) is 7.03. The number of halogens is 2. The molecule has 0 fully saturated rings. The number of benzene rings is 2. The maximum atomic E-state index is 12.2. The minimum Gasteiger partial charge on any atom is -0.483 e. The van der Waals surface area contributed by atoms with Crippen molar-refractivity contribution in [2.24, 2.45) is 0 Å². The molecule has 2 rings (SSSR count). The van der Waals surface area contributed by atoms with Crippen molar-refractivity contribution in [3.63, 3.8) is 0 Å². The van der Waals surface area contributed by atoms with Crippen molar-refractivity contribution in [1.29, 1.82) is 0 Å². The fourth-order valence-electron chi connectivity index (χ4n) is 2.37. The number of carbonyl (C=O) groups excluding carboxylic acids is 1. The van der Waals surface area contributed by atoms with Crippen molar-refractivity contribution >= 4 is 33.4 Å². The van der Waals surface area contributed by atoms with Crippen LogP contribution in [0.3, 0.4) is 0 Å². The Morgan fingerprint density at radius 1 is 1.21 bits per heavy atom. The van der Waals surface area contributed by atoms with E-state index in [-0.39, 0.29) is 18.6 Å². The molecule has 1 N–H and O–H groups in total. The van der Waals surface area contributed by atoms with Crippen LogP contribution in [-0.2, 0) is 4.79 Å². The zero-order valence-electron chi connectivity index (χ0n) is 14.0. The Kier molecular flexibility index (Phi) is 6.69. The van der Waals surface area contributed by atoms with E-state index in [2.05, 4.69) is 60.2 Å². The Balaban J connectivity index is 1.97. The smallest absolute Gasteiger partial charge is 0.258 e. The number of ether oxygens (including phenoxy) is 1. The van der Waals surface area contributed by atoms with Crippen molar-refractivity contribution in [3.05, 3.63) is 62.6 Å². The highest BCUT2D eigenvalue weighted by atomic mass is 79.9. The summed E-state index contributed by atoms with van der Waals surface area (Å²) in [4.78, 5) is 12.2. The molecule has 2 aromatic rings. The third-order valence-electron chi connectivity index (χ3n) is 3.93. The lowest BCUT2D eigenvalue weighted by Gasteiger charge is -2.19. The molecule has 1 atom stereocenters. The quantitative estimate of drug-likeness (QED) is 0.695. The number of nitrogens with one attached hydrogen (secondary N) is 1. The molecule has 0 aliphatic rings. The molecule has 0 aliphatic carbocycles. The zero-order chi connectivity index (χ0) is 17.7. The Morgan fingerprint density at radius 3 is 2.58 bits per heavy atom. The number of rotatable bonds is 6. The van der Waals surface area contributed by atoms with E-state index in [1.54, 1.807) is 18.2 Å². The third-order valence-corrected chi connectivity index (χ3v) is 4.78. The number of hydrogen-bond acceptors (Lipinski definition) is 2. The summed E-state index contributed by atoms with van der Waals surface area (Å²) in [6.45, 7) is 6.17. The van der Waals surface area contributed by atoms with Crippen LogP contribution in [-0.4, -0.2) is 12.5 Å². The average Bonchev–Trinajstić information content (AvgIpc) is 2.54. The summed E-state index contributed by atoms with van der Waals surface area (Å²) in [7, 11) is 0. The van der Waals surface area contributed by atoms with Crippen LogP contribution in [0, 0.1) is 13.8 Å². The topological polar surface area (TPSA) is 38.3 Å². The first-order valence-corrected chi connectivity index (χ1v) is 9.02. The number of hydrogen-bond donors (Lipinski definition) is 1. The fourth-order valence-corrected chi connectivity index (χ4v) is 3.17. The van der Waals surface area contributed by atoms with Crippen molar-refractivity contribution < 1.29 is 9.53 Å². The summed E-state index contributed by atoms with van der Waals surface area (Å²) in [5.41, 5.74) is 3.58. The molecule has 2 aromatic carbocycles. The van der Waals surface area contributed by atoms with Gasteiger partial charge in [0.05, 0.1) is 10.5 Å². The van der Waals surface area contributed by atoms with Crippen LogP contribution in [0.25, 0.3) is 0 Å². The lowest BCUT2D eigenvalue weighted by Crippen LogP contribution is -2.32. The second-order valence-electron chi connectivity index (χ2n) is 5.74. The Morgan fingerprint density at radius 2 is 1.96 bits per heavy atom. The summed E-state index contributed by atoms with van der Waals surface area (Å²) >= 11 is 9.27. The second kappa shape index (κ2) is 8.54. The maximum absolute atomic E-state index is 12.2. The van der Waals surface area contributed by atoms with Gasteiger partial charge in [0, 0.05) is 5.02 Å². The molecule has 0 saturated heterocycles. The molecular formula is C19H21BrClNO2. The van der Waals surface area contributed by atoms with E-state index in [0.717, 1.165) is 16.5 Å². The average molecular weight is 411 g/mol. The summed E-state index contributed by atoms with van der Waals surface area (Å²) in [5.74, 6) is 0.440. The highest BCUT2D eigenvalue weighted by Crippen LogP contribution is 2.28. The van der Waals surface area contributed by atoms with Crippen LogP contribution in [0.1, 0.15) is 36.1 Å². The van der Waals surface area contributed by atoms with E-state index in [9.17, 15) is 4.79 Å². The summed E-state index contributed by atoms with van der Waals surface area (Å²) in [5, 5.41) is 3.64. The zero-order valence-corrected chi connectivity index (χ0v) is 16.4. The normalized spacial score (nSPS) is 11.9. The lowest BCUT2D eigenvalue weighted by molar-refractivity contribution is -0.123. The monoisotopic (exact) mass is 409 g/mol. The van der Waals surface area contributed by atoms with E-state index >= 15 is 0 Å². The van der Waals surface area contributed by atoms with Gasteiger partial charge in [-0.15, -0.1) is 0 Å². The van der Waals surface area contributed by atoms with Crippen molar-refractivity contribution in [3.8, 4) is 5.75 Å². The summed E-state index contributed by atoms with van der Waals surface area (Å²) in [6, 6.07) is 11.5. The van der Waals surface area contributed by atoms with E-state index in [0.29, 0.717) is 10.8 Å². The molecule has 0 saturated carbocycles. The number of aryl methyl sites for hydroxylation is 2. The molecule has 128 valence electrons. The molecule has 0 radical (unpaired) electrons. The van der Waals surface area contributed by atoms with Gasteiger partial charge in [-0.2, -0.15) is 0 Å². The van der Waals surface area contributed by atoms with E-state index < -0.39 is 0 Å². The SMILES string of the molecule is CC[C@H](NC(=O)COc1ccc(Cl)cc1Br)c1ccc(C)c(C)c1. The fraction of sp³-hybridized carbons (Fsp3) is 0.316. The molecule has 0 spiro atoms. The van der Waals surface area contributed by atoms with Gasteiger partial charge in [0.15, 0.2) is 6.61 Å². The van der Waals surface area contributed by atoms with Crippen LogP contribution >= 0.6 is 27.5 Å². The van der Waals surface area contributed by atoms with Crippen LogP contribution in [0.2, 0.25) is 5.02 Å². The molecule has 0 aromatic heterocycles. The summed E-state index contributed by atoms with van der Waals surface area (Å²) < 4.78 is 6.29. The van der Waals surface area contributed by atoms with Crippen LogP contribution in [0.4, 0.5) is 0 Å². The predicted octanol–water partition coefficient (Wildman–Crippen LogP) is 5.37. The van der Waals surface area contributed by atoms with Crippen LogP contribution in [0.15, 0.2) is 40.9 Å². The van der Waals surface area contributed by atoms with Crippen molar-refractivity contribution in [2.75, 3.05) is 6.61 Å². The Hall–Kier alpha value is -1.52. The van der Waals surface area contributed by atoms with Crippen LogP contribution in [0.5, 0.6) is 5.75 Å². The Bertz CT molecular complexity index is 733. The van der Waals surface area contributed by atoms with E-state index in [1.165, 1.54) is 11.1 Å². The van der Waals surface area contributed by atoms with Gasteiger partial charge in [-0.05, 0) is 71.1 Å². The summed E-state index contributed by atoms with van der Waals surface area (Å²) in [6.07, 6.45) is 0.818. The molecule has 0 aliphatic heterocycles. The molecule has 0 heterocycles. The minimum absolute atomic E-state index is 0.0194. The molecule has 24 heavy (non-hydrogen) atoms. The highest BCUT2D eigenvalue weighted by Gasteiger charge is 2.14.